The third kappa shape index (κ3) is 2.85. The van der Waals surface area contributed by atoms with Crippen LogP contribution in [0.25, 0.3) is 11.1 Å². The summed E-state index contributed by atoms with van der Waals surface area (Å²) < 4.78 is 5.61. The van der Waals surface area contributed by atoms with E-state index in [9.17, 15) is 9.90 Å². The maximum atomic E-state index is 12.2. The van der Waals surface area contributed by atoms with Crippen molar-refractivity contribution in [1.29, 1.82) is 0 Å². The second kappa shape index (κ2) is 6.17. The maximum absolute atomic E-state index is 12.2. The van der Waals surface area contributed by atoms with E-state index in [0.717, 1.165) is 17.5 Å². The van der Waals surface area contributed by atoms with E-state index in [-0.39, 0.29) is 24.5 Å². The van der Waals surface area contributed by atoms with Gasteiger partial charge in [0.25, 0.3) is 5.22 Å². The van der Waals surface area contributed by atoms with E-state index in [4.69, 9.17) is 4.42 Å². The molecule has 0 aliphatic heterocycles. The molecule has 0 spiro atoms. The number of carbonyl (C=O) groups is 1. The average molecular weight is 332 g/mol. The van der Waals surface area contributed by atoms with Gasteiger partial charge >= 0.3 is 0 Å². The van der Waals surface area contributed by atoms with Crippen molar-refractivity contribution in [3.05, 3.63) is 24.3 Å². The zero-order valence-corrected chi connectivity index (χ0v) is 13.6. The van der Waals surface area contributed by atoms with Crippen LogP contribution in [0.4, 0.5) is 0 Å². The van der Waals surface area contributed by atoms with Gasteiger partial charge in [0, 0.05) is 18.6 Å². The van der Waals surface area contributed by atoms with Crippen LogP contribution in [0, 0.1) is 17.8 Å². The predicted molar refractivity (Wildman–Crippen MR) is 88.1 cm³/mol. The normalized spacial score (nSPS) is 29.3. The molecule has 4 unspecified atom stereocenters. The Labute approximate surface area is 138 Å². The molecule has 1 amide bonds. The summed E-state index contributed by atoms with van der Waals surface area (Å²) >= 11 is 1.31. The second-order valence-electron chi connectivity index (χ2n) is 6.51. The third-order valence-electron chi connectivity index (χ3n) is 5.23. The summed E-state index contributed by atoms with van der Waals surface area (Å²) in [5, 5.41) is 13.2. The lowest BCUT2D eigenvalue weighted by Crippen LogP contribution is -2.45. The third-order valence-corrected chi connectivity index (χ3v) is 6.06. The highest BCUT2D eigenvalue weighted by Gasteiger charge is 2.47. The first-order chi connectivity index (χ1) is 11.2. The number of aliphatic hydroxyl groups excluding tert-OH is 1. The molecule has 1 heterocycles. The van der Waals surface area contributed by atoms with Gasteiger partial charge in [0.15, 0.2) is 5.58 Å². The van der Waals surface area contributed by atoms with Gasteiger partial charge in [-0.3, -0.25) is 4.79 Å². The number of carbonyl (C=O) groups excluding carboxylic acids is 1. The van der Waals surface area contributed by atoms with E-state index in [1.165, 1.54) is 24.6 Å². The molecule has 2 bridgehead atoms. The number of aromatic nitrogens is 1. The van der Waals surface area contributed by atoms with Crippen LogP contribution in [0.3, 0.4) is 0 Å². The van der Waals surface area contributed by atoms with Crippen LogP contribution < -0.4 is 5.32 Å². The summed E-state index contributed by atoms with van der Waals surface area (Å²) in [5.74, 6) is 1.63. The van der Waals surface area contributed by atoms with Crippen LogP contribution >= 0.6 is 11.8 Å². The molecule has 2 saturated carbocycles. The molecular formula is C17H20N2O3S. The Balaban J connectivity index is 1.35. The van der Waals surface area contributed by atoms with Crippen molar-refractivity contribution in [3.8, 4) is 0 Å². The molecule has 6 heteroatoms. The van der Waals surface area contributed by atoms with E-state index in [0.29, 0.717) is 22.8 Å². The van der Waals surface area contributed by atoms with Crippen LogP contribution in [-0.4, -0.2) is 34.4 Å². The minimum atomic E-state index is -0.00624. The van der Waals surface area contributed by atoms with Crippen LogP contribution in [0.5, 0.6) is 0 Å². The molecule has 4 atom stereocenters. The first-order valence-corrected chi connectivity index (χ1v) is 9.12. The molecular weight excluding hydrogens is 312 g/mol. The maximum Gasteiger partial charge on any atom is 0.257 e. The molecule has 0 saturated heterocycles. The molecule has 2 aromatic rings. The fraction of sp³-hybridized carbons (Fsp3) is 0.529. The van der Waals surface area contributed by atoms with Gasteiger partial charge in [-0.15, -0.1) is 0 Å². The zero-order chi connectivity index (χ0) is 15.8. The standard InChI is InChI=1S/C17H20N2O3S/c20-8-12-10-5-6-11(7-10)16(12)19-15(21)9-23-17-18-13-3-1-2-4-14(13)22-17/h1-4,10-12,16,20H,5-9H2,(H,19,21). The zero-order valence-electron chi connectivity index (χ0n) is 12.8. The molecule has 2 N–H and O–H groups in total. The van der Waals surface area contributed by atoms with Crippen molar-refractivity contribution < 1.29 is 14.3 Å². The number of hydrogen-bond donors (Lipinski definition) is 2. The van der Waals surface area contributed by atoms with Crippen LogP contribution in [0.2, 0.25) is 0 Å². The highest BCUT2D eigenvalue weighted by Crippen LogP contribution is 2.48. The van der Waals surface area contributed by atoms with E-state index in [1.807, 2.05) is 24.3 Å². The van der Waals surface area contributed by atoms with Crippen molar-refractivity contribution in [3.63, 3.8) is 0 Å². The molecule has 1 aromatic carbocycles. The number of nitrogens with zero attached hydrogens (tertiary/aromatic N) is 1. The lowest BCUT2D eigenvalue weighted by atomic mass is 9.85. The Hall–Kier alpha value is -1.53. The summed E-state index contributed by atoms with van der Waals surface area (Å²) in [6.45, 7) is 0.171. The van der Waals surface area contributed by atoms with E-state index >= 15 is 0 Å². The second-order valence-corrected chi connectivity index (χ2v) is 7.44. The van der Waals surface area contributed by atoms with Crippen LogP contribution in [0.1, 0.15) is 19.3 Å². The summed E-state index contributed by atoms with van der Waals surface area (Å²) in [7, 11) is 0. The van der Waals surface area contributed by atoms with E-state index < -0.39 is 0 Å². The van der Waals surface area contributed by atoms with Crippen molar-refractivity contribution >= 4 is 28.8 Å². The van der Waals surface area contributed by atoms with Gasteiger partial charge in [-0.25, -0.2) is 4.98 Å². The van der Waals surface area contributed by atoms with E-state index in [1.54, 1.807) is 0 Å². The summed E-state index contributed by atoms with van der Waals surface area (Å²) in [6.07, 6.45) is 3.51. The van der Waals surface area contributed by atoms with Gasteiger partial charge in [-0.2, -0.15) is 0 Å². The summed E-state index contributed by atoms with van der Waals surface area (Å²) in [4.78, 5) is 16.6. The highest BCUT2D eigenvalue weighted by molar-refractivity contribution is 7.99. The molecule has 2 aliphatic carbocycles. The molecule has 122 valence electrons. The van der Waals surface area contributed by atoms with E-state index in [2.05, 4.69) is 10.3 Å². The predicted octanol–water partition coefficient (Wildman–Crippen LogP) is 2.44. The fourth-order valence-electron chi connectivity index (χ4n) is 4.17. The minimum absolute atomic E-state index is 0.00624. The highest BCUT2D eigenvalue weighted by atomic mass is 32.2. The molecule has 1 aromatic heterocycles. The van der Waals surface area contributed by atoms with Crippen LogP contribution in [-0.2, 0) is 4.79 Å². The van der Waals surface area contributed by atoms with Gasteiger partial charge in [0.2, 0.25) is 5.91 Å². The first kappa shape index (κ1) is 15.0. The molecule has 2 aliphatic rings. The lowest BCUT2D eigenvalue weighted by Gasteiger charge is -2.30. The number of fused-ring (bicyclic) bond motifs is 3. The number of aliphatic hydroxyl groups is 1. The smallest absolute Gasteiger partial charge is 0.257 e. The Morgan fingerprint density at radius 2 is 2.17 bits per heavy atom. The number of rotatable bonds is 5. The Morgan fingerprint density at radius 3 is 3.00 bits per heavy atom. The number of amides is 1. The number of para-hydroxylation sites is 2. The minimum Gasteiger partial charge on any atom is -0.431 e. The van der Waals surface area contributed by atoms with Gasteiger partial charge in [0.05, 0.1) is 5.75 Å². The molecule has 23 heavy (non-hydrogen) atoms. The molecule has 2 fully saturated rings. The number of benzene rings is 1. The van der Waals surface area contributed by atoms with Crippen molar-refractivity contribution in [2.24, 2.45) is 17.8 Å². The topological polar surface area (TPSA) is 75.4 Å². The summed E-state index contributed by atoms with van der Waals surface area (Å²) in [6, 6.07) is 7.71. The van der Waals surface area contributed by atoms with Gasteiger partial charge in [-0.05, 0) is 43.2 Å². The van der Waals surface area contributed by atoms with Crippen LogP contribution in [0.15, 0.2) is 33.9 Å². The number of thioether (sulfide) groups is 1. The van der Waals surface area contributed by atoms with Gasteiger partial charge < -0.3 is 14.8 Å². The number of nitrogens with one attached hydrogen (secondary N) is 1. The Kier molecular flexibility index (Phi) is 4.03. The quantitative estimate of drug-likeness (QED) is 0.823. The lowest BCUT2D eigenvalue weighted by molar-refractivity contribution is -0.120. The molecule has 5 nitrogen and oxygen atoms in total. The van der Waals surface area contributed by atoms with Crippen molar-refractivity contribution in [1.82, 2.24) is 10.3 Å². The van der Waals surface area contributed by atoms with Gasteiger partial charge in [-0.1, -0.05) is 23.9 Å². The fourth-order valence-corrected chi connectivity index (χ4v) is 4.82. The van der Waals surface area contributed by atoms with Crippen molar-refractivity contribution in [2.45, 2.75) is 30.5 Å². The SMILES string of the molecule is O=C(CSc1nc2ccccc2o1)NC1C2CCC(C2)C1CO. The molecule has 0 radical (unpaired) electrons. The number of oxazole rings is 1. The number of hydrogen-bond acceptors (Lipinski definition) is 5. The van der Waals surface area contributed by atoms with Crippen molar-refractivity contribution in [2.75, 3.05) is 12.4 Å². The monoisotopic (exact) mass is 332 g/mol. The Morgan fingerprint density at radius 1 is 1.35 bits per heavy atom. The molecule has 4 rings (SSSR count). The first-order valence-electron chi connectivity index (χ1n) is 8.13. The van der Waals surface area contributed by atoms with Gasteiger partial charge in [0.1, 0.15) is 5.52 Å². The average Bonchev–Trinajstić information content (AvgIpc) is 3.26. The Bertz CT molecular complexity index is 684. The largest absolute Gasteiger partial charge is 0.431 e. The summed E-state index contributed by atoms with van der Waals surface area (Å²) in [5.41, 5.74) is 1.55.